The first-order valence-corrected chi connectivity index (χ1v) is 8.43. The number of aromatic nitrogens is 1. The van der Waals surface area contributed by atoms with Crippen LogP contribution < -0.4 is 10.6 Å². The molecule has 2 N–H and O–H groups in total. The number of hydrogen-bond donors (Lipinski definition) is 2. The van der Waals surface area contributed by atoms with Crippen LogP contribution in [0.25, 0.3) is 0 Å². The number of aryl methyl sites for hydroxylation is 1. The molecule has 0 aromatic carbocycles. The first-order valence-electron chi connectivity index (χ1n) is 8.43. The topological polar surface area (TPSA) is 97.4 Å². The Labute approximate surface area is 146 Å². The fourth-order valence-corrected chi connectivity index (χ4v) is 2.77. The third-order valence-electron chi connectivity index (χ3n) is 4.27. The number of nitrogens with one attached hydrogen (secondary N) is 2. The van der Waals surface area contributed by atoms with Gasteiger partial charge in [0.2, 0.25) is 5.91 Å². The standard InChI is InChI=1S/C18H23N3O4/c1-18(2,3)17(23)20-11-6-7-14-13(9-11)15(21-25-14)16(22)19-10-12-5-4-8-24-12/h4-5,8,11H,6-7,9-10H2,1-3H3,(H,19,22)(H,20,23). The van der Waals surface area contributed by atoms with Crippen LogP contribution in [0.3, 0.4) is 0 Å². The van der Waals surface area contributed by atoms with Crippen molar-refractivity contribution in [2.75, 3.05) is 0 Å². The molecule has 25 heavy (non-hydrogen) atoms. The molecule has 1 atom stereocenters. The minimum Gasteiger partial charge on any atom is -0.467 e. The van der Waals surface area contributed by atoms with Crippen molar-refractivity contribution in [3.05, 3.63) is 41.2 Å². The summed E-state index contributed by atoms with van der Waals surface area (Å²) in [5.74, 6) is 1.09. The number of nitrogens with zero attached hydrogens (tertiary/aromatic N) is 1. The molecule has 2 amide bonds. The molecule has 2 heterocycles. The Balaban J connectivity index is 1.66. The summed E-state index contributed by atoms with van der Waals surface area (Å²) >= 11 is 0. The summed E-state index contributed by atoms with van der Waals surface area (Å²) in [6.07, 6.45) is 3.53. The van der Waals surface area contributed by atoms with E-state index < -0.39 is 5.41 Å². The quantitative estimate of drug-likeness (QED) is 0.885. The highest BCUT2D eigenvalue weighted by molar-refractivity contribution is 5.93. The van der Waals surface area contributed by atoms with Crippen LogP contribution in [-0.2, 0) is 24.2 Å². The lowest BCUT2D eigenvalue weighted by molar-refractivity contribution is -0.129. The number of rotatable bonds is 4. The lowest BCUT2D eigenvalue weighted by atomic mass is 9.89. The number of carbonyl (C=O) groups excluding carboxylic acids is 2. The second-order valence-corrected chi connectivity index (χ2v) is 7.36. The van der Waals surface area contributed by atoms with E-state index in [2.05, 4.69) is 15.8 Å². The lowest BCUT2D eigenvalue weighted by Crippen LogP contribution is -2.44. The van der Waals surface area contributed by atoms with E-state index in [0.29, 0.717) is 18.6 Å². The van der Waals surface area contributed by atoms with Gasteiger partial charge in [0, 0.05) is 23.4 Å². The number of amides is 2. The largest absolute Gasteiger partial charge is 0.467 e. The van der Waals surface area contributed by atoms with Crippen LogP contribution in [-0.4, -0.2) is 23.0 Å². The fourth-order valence-electron chi connectivity index (χ4n) is 2.77. The van der Waals surface area contributed by atoms with Crippen LogP contribution >= 0.6 is 0 Å². The molecule has 0 aliphatic heterocycles. The van der Waals surface area contributed by atoms with E-state index in [-0.39, 0.29) is 30.1 Å². The van der Waals surface area contributed by atoms with Crippen molar-refractivity contribution in [3.8, 4) is 0 Å². The maximum absolute atomic E-state index is 12.4. The minimum absolute atomic E-state index is 0.00113. The second kappa shape index (κ2) is 6.74. The third-order valence-corrected chi connectivity index (χ3v) is 4.27. The van der Waals surface area contributed by atoms with Crippen molar-refractivity contribution in [1.82, 2.24) is 15.8 Å². The van der Waals surface area contributed by atoms with E-state index >= 15 is 0 Å². The van der Waals surface area contributed by atoms with Crippen LogP contribution in [0, 0.1) is 5.41 Å². The first kappa shape index (κ1) is 17.3. The van der Waals surface area contributed by atoms with E-state index in [1.54, 1.807) is 18.4 Å². The molecule has 0 saturated heterocycles. The fraction of sp³-hybridized carbons (Fsp3) is 0.500. The van der Waals surface area contributed by atoms with Crippen molar-refractivity contribution in [2.24, 2.45) is 5.41 Å². The highest BCUT2D eigenvalue weighted by atomic mass is 16.5. The van der Waals surface area contributed by atoms with Crippen LogP contribution in [0.4, 0.5) is 0 Å². The summed E-state index contributed by atoms with van der Waals surface area (Å²) in [4.78, 5) is 24.6. The predicted octanol–water partition coefficient (Wildman–Crippen LogP) is 2.22. The van der Waals surface area contributed by atoms with Crippen LogP contribution in [0.15, 0.2) is 27.3 Å². The molecule has 134 valence electrons. The Morgan fingerprint density at radius 1 is 1.36 bits per heavy atom. The molecular formula is C18H23N3O4. The summed E-state index contributed by atoms with van der Waals surface area (Å²) in [5.41, 5.74) is 0.622. The van der Waals surface area contributed by atoms with Gasteiger partial charge in [0.1, 0.15) is 11.5 Å². The Morgan fingerprint density at radius 2 is 2.16 bits per heavy atom. The maximum atomic E-state index is 12.4. The summed E-state index contributed by atoms with van der Waals surface area (Å²) < 4.78 is 10.5. The Kier molecular flexibility index (Phi) is 4.65. The molecule has 1 aliphatic carbocycles. The average molecular weight is 345 g/mol. The van der Waals surface area contributed by atoms with Crippen molar-refractivity contribution < 1.29 is 18.5 Å². The molecule has 7 heteroatoms. The molecule has 1 unspecified atom stereocenters. The molecule has 0 fully saturated rings. The van der Waals surface area contributed by atoms with Gasteiger partial charge in [-0.2, -0.15) is 0 Å². The van der Waals surface area contributed by atoms with Gasteiger partial charge < -0.3 is 19.6 Å². The first-order chi connectivity index (χ1) is 11.8. The molecular weight excluding hydrogens is 322 g/mol. The molecule has 0 spiro atoms. The predicted molar refractivity (Wildman–Crippen MR) is 89.8 cm³/mol. The Morgan fingerprint density at radius 3 is 2.84 bits per heavy atom. The van der Waals surface area contributed by atoms with E-state index in [1.807, 2.05) is 20.8 Å². The van der Waals surface area contributed by atoms with Gasteiger partial charge in [0.05, 0.1) is 12.8 Å². The van der Waals surface area contributed by atoms with Gasteiger partial charge >= 0.3 is 0 Å². The second-order valence-electron chi connectivity index (χ2n) is 7.36. The third kappa shape index (κ3) is 3.92. The molecule has 2 aromatic heterocycles. The average Bonchev–Trinajstić information content (AvgIpc) is 3.21. The summed E-state index contributed by atoms with van der Waals surface area (Å²) in [7, 11) is 0. The molecule has 0 radical (unpaired) electrons. The summed E-state index contributed by atoms with van der Waals surface area (Å²) in [5, 5.41) is 9.76. The van der Waals surface area contributed by atoms with Gasteiger partial charge in [-0.1, -0.05) is 25.9 Å². The molecule has 3 rings (SSSR count). The SMILES string of the molecule is CC(C)(C)C(=O)NC1CCc2onc(C(=O)NCc3ccco3)c2C1. The van der Waals surface area contributed by atoms with Gasteiger partial charge in [-0.05, 0) is 25.0 Å². The number of furan rings is 1. The van der Waals surface area contributed by atoms with Crippen LogP contribution in [0.2, 0.25) is 0 Å². The molecule has 0 saturated carbocycles. The zero-order valence-electron chi connectivity index (χ0n) is 14.7. The molecule has 2 aromatic rings. The highest BCUT2D eigenvalue weighted by Gasteiger charge is 2.31. The van der Waals surface area contributed by atoms with Crippen LogP contribution in [0.1, 0.15) is 54.8 Å². The normalized spacial score (nSPS) is 17.0. The zero-order chi connectivity index (χ0) is 18.0. The van der Waals surface area contributed by atoms with Gasteiger partial charge in [0.15, 0.2) is 5.69 Å². The van der Waals surface area contributed by atoms with Crippen molar-refractivity contribution >= 4 is 11.8 Å². The molecule has 1 aliphatic rings. The minimum atomic E-state index is -0.446. The monoisotopic (exact) mass is 345 g/mol. The summed E-state index contributed by atoms with van der Waals surface area (Å²) in [6.45, 7) is 5.92. The summed E-state index contributed by atoms with van der Waals surface area (Å²) in [6, 6.07) is 3.54. The number of fused-ring (bicyclic) bond motifs is 1. The lowest BCUT2D eigenvalue weighted by Gasteiger charge is -2.26. The van der Waals surface area contributed by atoms with E-state index in [9.17, 15) is 9.59 Å². The molecule has 7 nitrogen and oxygen atoms in total. The number of carbonyl (C=O) groups is 2. The molecule has 0 bridgehead atoms. The van der Waals surface area contributed by atoms with Gasteiger partial charge in [-0.15, -0.1) is 0 Å². The van der Waals surface area contributed by atoms with E-state index in [1.165, 1.54) is 0 Å². The van der Waals surface area contributed by atoms with Crippen LogP contribution in [0.5, 0.6) is 0 Å². The van der Waals surface area contributed by atoms with Crippen molar-refractivity contribution in [3.63, 3.8) is 0 Å². The van der Waals surface area contributed by atoms with Crippen molar-refractivity contribution in [2.45, 2.75) is 52.6 Å². The number of hydrogen-bond acceptors (Lipinski definition) is 5. The van der Waals surface area contributed by atoms with Gasteiger partial charge in [0.25, 0.3) is 5.91 Å². The zero-order valence-corrected chi connectivity index (χ0v) is 14.7. The van der Waals surface area contributed by atoms with E-state index in [0.717, 1.165) is 17.7 Å². The smallest absolute Gasteiger partial charge is 0.274 e. The Bertz CT molecular complexity index is 756. The van der Waals surface area contributed by atoms with E-state index in [4.69, 9.17) is 8.94 Å². The highest BCUT2D eigenvalue weighted by Crippen LogP contribution is 2.25. The maximum Gasteiger partial charge on any atom is 0.274 e. The van der Waals surface area contributed by atoms with Gasteiger partial charge in [-0.3, -0.25) is 9.59 Å². The van der Waals surface area contributed by atoms with Gasteiger partial charge in [-0.25, -0.2) is 0 Å². The van der Waals surface area contributed by atoms with Crippen molar-refractivity contribution in [1.29, 1.82) is 0 Å². The Hall–Kier alpha value is -2.57.